The minimum absolute atomic E-state index is 0.00863. The van der Waals surface area contributed by atoms with Gasteiger partial charge in [-0.15, -0.1) is 0 Å². The van der Waals surface area contributed by atoms with E-state index in [0.29, 0.717) is 13.2 Å². The second-order valence-corrected chi connectivity index (χ2v) is 5.44. The highest BCUT2D eigenvalue weighted by Crippen LogP contribution is 2.47. The van der Waals surface area contributed by atoms with Gasteiger partial charge in [0.25, 0.3) is 0 Å². The number of methoxy groups -OCH3 is 1. The van der Waals surface area contributed by atoms with E-state index in [0.717, 1.165) is 24.3 Å². The van der Waals surface area contributed by atoms with Crippen LogP contribution in [0.3, 0.4) is 0 Å². The monoisotopic (exact) mass is 297 g/mol. The SMILES string of the molecule is C=CNCCC(COP1OCc2ccccc2O1)OC. The molecule has 1 N–H and O–H groups in total. The largest absolute Gasteiger partial charge is 0.426 e. The lowest BCUT2D eigenvalue weighted by Crippen LogP contribution is -2.23. The van der Waals surface area contributed by atoms with Gasteiger partial charge in [-0.05, 0) is 18.7 Å². The van der Waals surface area contributed by atoms with Gasteiger partial charge in [0.2, 0.25) is 0 Å². The van der Waals surface area contributed by atoms with E-state index in [1.807, 2.05) is 24.3 Å². The van der Waals surface area contributed by atoms with Crippen molar-refractivity contribution >= 4 is 8.60 Å². The quantitative estimate of drug-likeness (QED) is 0.590. The Kier molecular flexibility index (Phi) is 6.27. The second kappa shape index (κ2) is 8.22. The van der Waals surface area contributed by atoms with Gasteiger partial charge in [0.1, 0.15) is 5.75 Å². The van der Waals surface area contributed by atoms with E-state index >= 15 is 0 Å². The van der Waals surface area contributed by atoms with Crippen LogP contribution >= 0.6 is 8.60 Å². The molecular formula is C14H20NO4P. The topological polar surface area (TPSA) is 49.0 Å². The Hall–Kier alpha value is -1.13. The molecule has 1 aliphatic heterocycles. The summed E-state index contributed by atoms with van der Waals surface area (Å²) in [4.78, 5) is 0. The second-order valence-electron chi connectivity index (χ2n) is 4.30. The van der Waals surface area contributed by atoms with E-state index < -0.39 is 8.60 Å². The summed E-state index contributed by atoms with van der Waals surface area (Å²) in [6, 6.07) is 7.82. The summed E-state index contributed by atoms with van der Waals surface area (Å²) in [5.74, 6) is 0.840. The zero-order valence-corrected chi connectivity index (χ0v) is 12.5. The molecule has 2 rings (SSSR count). The molecule has 1 aromatic rings. The molecule has 0 fully saturated rings. The molecular weight excluding hydrogens is 277 g/mol. The molecule has 0 aliphatic carbocycles. The number of hydrogen-bond acceptors (Lipinski definition) is 5. The fourth-order valence-corrected chi connectivity index (χ4v) is 2.82. The fourth-order valence-electron chi connectivity index (χ4n) is 1.76. The summed E-state index contributed by atoms with van der Waals surface area (Å²) in [6.45, 7) is 5.38. The number of nitrogens with one attached hydrogen (secondary N) is 1. The average Bonchev–Trinajstić information content (AvgIpc) is 2.50. The summed E-state index contributed by atoms with van der Waals surface area (Å²) >= 11 is 0. The van der Waals surface area contributed by atoms with Crippen LogP contribution in [0, 0.1) is 0 Å². The molecule has 0 saturated heterocycles. The fraction of sp³-hybridized carbons (Fsp3) is 0.429. The van der Waals surface area contributed by atoms with Gasteiger partial charge in [-0.25, -0.2) is 0 Å². The minimum Gasteiger partial charge on any atom is -0.426 e. The molecule has 1 heterocycles. The highest BCUT2D eigenvalue weighted by Gasteiger charge is 2.24. The first kappa shape index (κ1) is 15.3. The first-order valence-electron chi connectivity index (χ1n) is 6.52. The third kappa shape index (κ3) is 4.46. The Morgan fingerprint density at radius 3 is 3.15 bits per heavy atom. The van der Waals surface area contributed by atoms with Crippen molar-refractivity contribution in [3.05, 3.63) is 42.6 Å². The van der Waals surface area contributed by atoms with Gasteiger partial charge in [-0.3, -0.25) is 9.05 Å². The van der Waals surface area contributed by atoms with E-state index in [-0.39, 0.29) is 6.10 Å². The molecule has 0 aromatic heterocycles. The lowest BCUT2D eigenvalue weighted by molar-refractivity contribution is 0.0436. The first-order valence-corrected chi connectivity index (χ1v) is 7.62. The van der Waals surface area contributed by atoms with Crippen LogP contribution in [0.2, 0.25) is 0 Å². The van der Waals surface area contributed by atoms with Gasteiger partial charge in [0, 0.05) is 19.2 Å². The van der Waals surface area contributed by atoms with Crippen molar-refractivity contribution in [2.45, 2.75) is 19.1 Å². The van der Waals surface area contributed by atoms with Crippen molar-refractivity contribution in [1.29, 1.82) is 0 Å². The average molecular weight is 297 g/mol. The Balaban J connectivity index is 1.75. The van der Waals surface area contributed by atoms with Gasteiger partial charge < -0.3 is 14.6 Å². The predicted molar refractivity (Wildman–Crippen MR) is 78.3 cm³/mol. The molecule has 0 radical (unpaired) electrons. The van der Waals surface area contributed by atoms with Crippen molar-refractivity contribution in [2.75, 3.05) is 20.3 Å². The maximum Gasteiger partial charge on any atom is 0.397 e. The highest BCUT2D eigenvalue weighted by atomic mass is 31.2. The Morgan fingerprint density at radius 1 is 1.50 bits per heavy atom. The standard InChI is InChI=1S/C14H20NO4P/c1-3-15-9-8-13(16-2)11-18-20-17-10-12-6-4-5-7-14(12)19-20/h3-7,13,15H,1,8-11H2,2H3. The van der Waals surface area contributed by atoms with Crippen LogP contribution in [-0.4, -0.2) is 26.4 Å². The van der Waals surface area contributed by atoms with Crippen LogP contribution in [-0.2, 0) is 20.4 Å². The van der Waals surface area contributed by atoms with Gasteiger partial charge in [0.05, 0.1) is 19.3 Å². The van der Waals surface area contributed by atoms with Crippen molar-refractivity contribution in [3.8, 4) is 5.75 Å². The number of fused-ring (bicyclic) bond motifs is 1. The number of ether oxygens (including phenoxy) is 1. The Bertz CT molecular complexity index is 429. The molecule has 1 aromatic carbocycles. The predicted octanol–water partition coefficient (Wildman–Crippen LogP) is 2.98. The normalized spacial score (nSPS) is 18.8. The van der Waals surface area contributed by atoms with Gasteiger partial charge in [-0.1, -0.05) is 24.8 Å². The molecule has 6 heteroatoms. The Morgan fingerprint density at radius 2 is 2.35 bits per heavy atom. The zero-order chi connectivity index (χ0) is 14.2. The highest BCUT2D eigenvalue weighted by molar-refractivity contribution is 7.42. The van der Waals surface area contributed by atoms with Gasteiger partial charge in [-0.2, -0.15) is 0 Å². The van der Waals surface area contributed by atoms with Gasteiger partial charge >= 0.3 is 8.60 Å². The number of rotatable bonds is 8. The molecule has 20 heavy (non-hydrogen) atoms. The maximum atomic E-state index is 5.69. The summed E-state index contributed by atoms with van der Waals surface area (Å²) in [6.07, 6.45) is 2.51. The summed E-state index contributed by atoms with van der Waals surface area (Å²) in [5, 5.41) is 3.04. The third-order valence-electron chi connectivity index (χ3n) is 2.93. The van der Waals surface area contributed by atoms with Crippen molar-refractivity contribution < 1.29 is 18.3 Å². The van der Waals surface area contributed by atoms with Crippen LogP contribution in [0.25, 0.3) is 0 Å². The lowest BCUT2D eigenvalue weighted by atomic mass is 10.2. The molecule has 0 amide bonds. The summed E-state index contributed by atoms with van der Waals surface area (Å²) < 4.78 is 22.3. The van der Waals surface area contributed by atoms with E-state index in [2.05, 4.69) is 11.9 Å². The molecule has 0 spiro atoms. The zero-order valence-electron chi connectivity index (χ0n) is 11.6. The lowest BCUT2D eigenvalue weighted by Gasteiger charge is -2.25. The van der Waals surface area contributed by atoms with E-state index in [4.69, 9.17) is 18.3 Å². The molecule has 2 atom stereocenters. The van der Waals surface area contributed by atoms with E-state index in [1.54, 1.807) is 13.3 Å². The molecule has 110 valence electrons. The minimum atomic E-state index is -1.34. The van der Waals surface area contributed by atoms with Crippen LogP contribution in [0.1, 0.15) is 12.0 Å². The first-order chi connectivity index (χ1) is 9.83. The van der Waals surface area contributed by atoms with Gasteiger partial charge in [0.15, 0.2) is 0 Å². The van der Waals surface area contributed by atoms with Crippen molar-refractivity contribution in [2.24, 2.45) is 0 Å². The van der Waals surface area contributed by atoms with Crippen molar-refractivity contribution in [1.82, 2.24) is 5.32 Å². The van der Waals surface area contributed by atoms with E-state index in [1.165, 1.54) is 0 Å². The molecule has 0 bridgehead atoms. The summed E-state index contributed by atoms with van der Waals surface area (Å²) in [7, 11) is 0.338. The molecule has 5 nitrogen and oxygen atoms in total. The maximum absolute atomic E-state index is 5.69. The van der Waals surface area contributed by atoms with Crippen molar-refractivity contribution in [3.63, 3.8) is 0 Å². The molecule has 2 unspecified atom stereocenters. The Labute approximate surface area is 120 Å². The number of hydrogen-bond donors (Lipinski definition) is 1. The molecule has 1 aliphatic rings. The van der Waals surface area contributed by atoms with Crippen LogP contribution < -0.4 is 9.84 Å². The van der Waals surface area contributed by atoms with Crippen LogP contribution in [0.4, 0.5) is 0 Å². The van der Waals surface area contributed by atoms with E-state index in [9.17, 15) is 0 Å². The van der Waals surface area contributed by atoms with Crippen LogP contribution in [0.5, 0.6) is 5.75 Å². The number of benzene rings is 1. The smallest absolute Gasteiger partial charge is 0.397 e. The third-order valence-corrected chi connectivity index (χ3v) is 3.97. The van der Waals surface area contributed by atoms with Crippen LogP contribution in [0.15, 0.2) is 37.0 Å². The molecule has 0 saturated carbocycles. The summed E-state index contributed by atoms with van der Waals surface area (Å²) in [5.41, 5.74) is 1.05. The number of para-hydroxylation sites is 1.